The summed E-state index contributed by atoms with van der Waals surface area (Å²) in [4.78, 5) is 0. The Morgan fingerprint density at radius 1 is 1.12 bits per heavy atom. The number of hydrogen-bond donors (Lipinski definition) is 2. The Balaban J connectivity index is 0.000000490. The van der Waals surface area contributed by atoms with E-state index in [0.717, 1.165) is 0 Å². The van der Waals surface area contributed by atoms with Crippen molar-refractivity contribution in [3.63, 3.8) is 0 Å². The van der Waals surface area contributed by atoms with Crippen LogP contribution in [0.2, 0.25) is 0 Å². The van der Waals surface area contributed by atoms with Crippen molar-refractivity contribution in [2.75, 3.05) is 0 Å². The molecule has 0 N–H and O–H groups in total. The number of aromatic nitrogens is 2. The van der Waals surface area contributed by atoms with E-state index in [1.807, 2.05) is 0 Å². The van der Waals surface area contributed by atoms with Crippen molar-refractivity contribution in [3.05, 3.63) is 0 Å². The van der Waals surface area contributed by atoms with Crippen molar-refractivity contribution in [2.24, 2.45) is 0 Å². The first kappa shape index (κ1) is 9.26. The van der Waals surface area contributed by atoms with E-state index in [2.05, 4.69) is 35.5 Å². The molecule has 0 aliphatic heterocycles. The first-order chi connectivity index (χ1) is 3.29. The minimum atomic E-state index is 0. The Labute approximate surface area is 84.2 Å². The van der Waals surface area contributed by atoms with Crippen molar-refractivity contribution in [3.8, 4) is 0 Å². The fourth-order valence-electron chi connectivity index (χ4n) is 0.208. The maximum absolute atomic E-state index is 3.90. The molecule has 6 heteroatoms. The van der Waals surface area contributed by atoms with Gasteiger partial charge in [0.15, 0.2) is 8.68 Å². The second-order valence-corrected chi connectivity index (χ2v) is 3.30. The quantitative estimate of drug-likeness (QED) is 0.441. The van der Waals surface area contributed by atoms with Gasteiger partial charge in [0.1, 0.15) is 0 Å². The molecule has 0 unspecified atom stereocenters. The molecule has 0 saturated carbocycles. The van der Waals surface area contributed by atoms with Crippen molar-refractivity contribution in [1.29, 1.82) is 0 Å². The zero-order valence-corrected chi connectivity index (χ0v) is 5.80. The molecule has 2 nitrogen and oxygen atoms in total. The Kier molecular flexibility index (Phi) is 4.79. The SMILES string of the molecule is Sc1nnc(S)s1.[NaH]. The van der Waals surface area contributed by atoms with E-state index in [4.69, 9.17) is 0 Å². The minimum absolute atomic E-state index is 0. The van der Waals surface area contributed by atoms with Crippen LogP contribution in [0.25, 0.3) is 0 Å². The fraction of sp³-hybridized carbons (Fsp3) is 0. The zero-order valence-electron chi connectivity index (χ0n) is 3.20. The number of nitrogens with zero attached hydrogens (tertiary/aromatic N) is 2. The predicted octanol–water partition coefficient (Wildman–Crippen LogP) is 0.467. The number of rotatable bonds is 0. The monoisotopic (exact) mass is 174 g/mol. The van der Waals surface area contributed by atoms with E-state index in [0.29, 0.717) is 8.68 Å². The van der Waals surface area contributed by atoms with Crippen LogP contribution in [-0.2, 0) is 0 Å². The average molecular weight is 174 g/mol. The summed E-state index contributed by atoms with van der Waals surface area (Å²) >= 11 is 9.15. The number of thiol groups is 2. The topological polar surface area (TPSA) is 25.8 Å². The van der Waals surface area contributed by atoms with Gasteiger partial charge in [0, 0.05) is 0 Å². The molecule has 1 aromatic heterocycles. The molecule has 0 radical (unpaired) electrons. The summed E-state index contributed by atoms with van der Waals surface area (Å²) in [5.74, 6) is 0. The molecule has 0 bridgehead atoms. The second kappa shape index (κ2) is 4.14. The van der Waals surface area contributed by atoms with E-state index in [1.54, 1.807) is 0 Å². The summed E-state index contributed by atoms with van der Waals surface area (Å²) in [6, 6.07) is 0. The molecule has 8 heavy (non-hydrogen) atoms. The van der Waals surface area contributed by atoms with E-state index >= 15 is 0 Å². The Morgan fingerprint density at radius 3 is 1.62 bits per heavy atom. The van der Waals surface area contributed by atoms with E-state index in [1.165, 1.54) is 11.3 Å². The van der Waals surface area contributed by atoms with Gasteiger partial charge in [-0.2, -0.15) is 0 Å². The molecular weight excluding hydrogens is 171 g/mol. The molecule has 40 valence electrons. The molecule has 1 aromatic rings. The van der Waals surface area contributed by atoms with Gasteiger partial charge in [-0.05, 0) is 0 Å². The summed E-state index contributed by atoms with van der Waals surface area (Å²) in [5, 5.41) is 7.15. The third kappa shape index (κ3) is 2.70. The van der Waals surface area contributed by atoms with Crippen LogP contribution < -0.4 is 0 Å². The Hall–Kier alpha value is 1.26. The molecule has 0 aliphatic rings. The average Bonchev–Trinajstić information content (AvgIpc) is 1.87. The van der Waals surface area contributed by atoms with Crippen LogP contribution in [-0.4, -0.2) is 39.8 Å². The third-order valence-corrected chi connectivity index (χ3v) is 1.66. The van der Waals surface area contributed by atoms with E-state index in [-0.39, 0.29) is 29.6 Å². The molecule has 0 aliphatic carbocycles. The first-order valence-electron chi connectivity index (χ1n) is 1.50. The molecule has 0 fully saturated rings. The second-order valence-electron chi connectivity index (χ2n) is 0.867. The standard InChI is InChI=1S/C2H2N2S3.Na.H/c5-1-3-4-2(6)7-1;;/h(H,3,5)(H,4,6);;. The molecule has 0 amide bonds. The van der Waals surface area contributed by atoms with Gasteiger partial charge in [-0.1, -0.05) is 11.3 Å². The number of hydrogen-bond acceptors (Lipinski definition) is 5. The van der Waals surface area contributed by atoms with Crippen LogP contribution in [0.15, 0.2) is 8.68 Å². The Bertz CT molecular complexity index is 148. The van der Waals surface area contributed by atoms with Gasteiger partial charge in [-0.15, -0.1) is 35.5 Å². The molecule has 0 aromatic carbocycles. The summed E-state index contributed by atoms with van der Waals surface area (Å²) in [5.41, 5.74) is 0. The van der Waals surface area contributed by atoms with E-state index in [9.17, 15) is 0 Å². The zero-order chi connectivity index (χ0) is 5.28. The summed E-state index contributed by atoms with van der Waals surface area (Å²) in [6.07, 6.45) is 0. The first-order valence-corrected chi connectivity index (χ1v) is 3.21. The predicted molar refractivity (Wildman–Crippen MR) is 41.6 cm³/mol. The molecular formula is C2H3N2NaS3. The molecule has 0 saturated heterocycles. The van der Waals surface area contributed by atoms with Crippen LogP contribution in [0.1, 0.15) is 0 Å². The Morgan fingerprint density at radius 2 is 1.50 bits per heavy atom. The van der Waals surface area contributed by atoms with Crippen LogP contribution in [0.5, 0.6) is 0 Å². The van der Waals surface area contributed by atoms with Crippen LogP contribution in [0.4, 0.5) is 0 Å². The molecule has 1 heterocycles. The summed E-state index contributed by atoms with van der Waals surface area (Å²) < 4.78 is 1.31. The van der Waals surface area contributed by atoms with Crippen molar-refractivity contribution in [2.45, 2.75) is 8.68 Å². The van der Waals surface area contributed by atoms with Gasteiger partial charge < -0.3 is 0 Å². The van der Waals surface area contributed by atoms with Crippen molar-refractivity contribution >= 4 is 66.2 Å². The van der Waals surface area contributed by atoms with Gasteiger partial charge in [-0.3, -0.25) is 0 Å². The van der Waals surface area contributed by atoms with Crippen LogP contribution in [0.3, 0.4) is 0 Å². The van der Waals surface area contributed by atoms with E-state index < -0.39 is 0 Å². The molecule has 0 atom stereocenters. The summed E-state index contributed by atoms with van der Waals surface area (Å²) in [7, 11) is 0. The van der Waals surface area contributed by atoms with Gasteiger partial charge in [-0.25, -0.2) is 0 Å². The van der Waals surface area contributed by atoms with Gasteiger partial charge in [0.25, 0.3) is 0 Å². The van der Waals surface area contributed by atoms with Crippen molar-refractivity contribution < 1.29 is 0 Å². The fourth-order valence-corrected chi connectivity index (χ4v) is 1.36. The molecule has 1 rings (SSSR count). The summed E-state index contributed by atoms with van der Waals surface area (Å²) in [6.45, 7) is 0. The maximum atomic E-state index is 3.90. The van der Waals surface area contributed by atoms with Gasteiger partial charge >= 0.3 is 29.6 Å². The van der Waals surface area contributed by atoms with Crippen LogP contribution in [0, 0.1) is 0 Å². The normalized spacial score (nSPS) is 8.25. The van der Waals surface area contributed by atoms with Crippen LogP contribution >= 0.6 is 36.6 Å². The van der Waals surface area contributed by atoms with Gasteiger partial charge in [0.2, 0.25) is 0 Å². The molecule has 0 spiro atoms. The van der Waals surface area contributed by atoms with Crippen molar-refractivity contribution in [1.82, 2.24) is 10.2 Å². The van der Waals surface area contributed by atoms with Gasteiger partial charge in [0.05, 0.1) is 0 Å². The third-order valence-electron chi connectivity index (χ3n) is 0.404.